The molecule has 0 saturated carbocycles. The normalized spacial score (nSPS) is 16.0. The molecule has 7 heteroatoms. The van der Waals surface area contributed by atoms with Crippen molar-refractivity contribution in [2.45, 2.75) is 13.0 Å². The van der Waals surface area contributed by atoms with Crippen molar-refractivity contribution >= 4 is 17.7 Å². The molecule has 1 unspecified atom stereocenters. The van der Waals surface area contributed by atoms with Crippen LogP contribution >= 0.6 is 0 Å². The number of carbonyl (C=O) groups is 2. The average molecular weight is 368 g/mol. The molecule has 0 radical (unpaired) electrons. The van der Waals surface area contributed by atoms with Gasteiger partial charge in [-0.2, -0.15) is 0 Å². The zero-order valence-corrected chi connectivity index (χ0v) is 15.4. The van der Waals surface area contributed by atoms with Crippen LogP contribution in [-0.2, 0) is 9.53 Å². The minimum atomic E-state index is -0.424. The van der Waals surface area contributed by atoms with Crippen molar-refractivity contribution in [1.29, 1.82) is 0 Å². The highest BCUT2D eigenvalue weighted by molar-refractivity contribution is 5.89. The summed E-state index contributed by atoms with van der Waals surface area (Å²) in [7, 11) is 0. The molecule has 1 saturated heterocycles. The van der Waals surface area contributed by atoms with E-state index in [9.17, 15) is 9.59 Å². The Labute approximate surface area is 158 Å². The van der Waals surface area contributed by atoms with Crippen LogP contribution in [-0.4, -0.2) is 54.5 Å². The van der Waals surface area contributed by atoms with Gasteiger partial charge in [0.1, 0.15) is 11.9 Å². The Hall–Kier alpha value is -2.93. The first kappa shape index (κ1) is 18.8. The molecule has 7 nitrogen and oxygen atoms in total. The number of benzene rings is 1. The van der Waals surface area contributed by atoms with Crippen LogP contribution in [0.1, 0.15) is 28.9 Å². The van der Waals surface area contributed by atoms with E-state index in [4.69, 9.17) is 10.5 Å². The number of rotatable bonds is 6. The van der Waals surface area contributed by atoms with E-state index in [0.717, 1.165) is 24.5 Å². The summed E-state index contributed by atoms with van der Waals surface area (Å²) in [6.07, 6.45) is 1.54. The number of nitrogens with two attached hydrogens (primary N) is 1. The Morgan fingerprint density at radius 2 is 1.81 bits per heavy atom. The van der Waals surface area contributed by atoms with Crippen molar-refractivity contribution in [3.63, 3.8) is 0 Å². The minimum absolute atomic E-state index is 0.338. The molecule has 27 heavy (non-hydrogen) atoms. The molecule has 1 fully saturated rings. The molecule has 0 bridgehead atoms. The third-order valence-corrected chi connectivity index (χ3v) is 4.65. The fraction of sp³-hybridized carbons (Fsp3) is 0.350. The van der Waals surface area contributed by atoms with E-state index in [-0.39, 0.29) is 11.9 Å². The number of pyridine rings is 1. The van der Waals surface area contributed by atoms with Gasteiger partial charge < -0.3 is 15.4 Å². The van der Waals surface area contributed by atoms with E-state index in [0.29, 0.717) is 25.3 Å². The number of primary amides is 1. The van der Waals surface area contributed by atoms with Gasteiger partial charge in [0.2, 0.25) is 5.91 Å². The molecule has 1 aromatic carbocycles. The van der Waals surface area contributed by atoms with Gasteiger partial charge >= 0.3 is 5.97 Å². The molecule has 2 aromatic rings. The zero-order chi connectivity index (χ0) is 19.2. The van der Waals surface area contributed by atoms with Gasteiger partial charge in [0, 0.05) is 32.4 Å². The number of aromatic nitrogens is 1. The van der Waals surface area contributed by atoms with Crippen LogP contribution in [0.15, 0.2) is 48.7 Å². The quantitative estimate of drug-likeness (QED) is 0.779. The first-order valence-electron chi connectivity index (χ1n) is 9.06. The third-order valence-electron chi connectivity index (χ3n) is 4.65. The molecule has 0 aliphatic carbocycles. The lowest BCUT2D eigenvalue weighted by Gasteiger charge is -2.38. The fourth-order valence-electron chi connectivity index (χ4n) is 3.31. The fourth-order valence-corrected chi connectivity index (χ4v) is 3.31. The second-order valence-corrected chi connectivity index (χ2v) is 6.36. The highest BCUT2D eigenvalue weighted by Gasteiger charge is 2.29. The highest BCUT2D eigenvalue weighted by Crippen LogP contribution is 2.23. The van der Waals surface area contributed by atoms with Gasteiger partial charge in [-0.25, -0.2) is 9.78 Å². The second kappa shape index (κ2) is 8.64. The number of hydrogen-bond acceptors (Lipinski definition) is 6. The number of amides is 1. The van der Waals surface area contributed by atoms with Gasteiger partial charge in [-0.15, -0.1) is 0 Å². The summed E-state index contributed by atoms with van der Waals surface area (Å²) in [5.74, 6) is 0.0955. The largest absolute Gasteiger partial charge is 0.462 e. The van der Waals surface area contributed by atoms with Gasteiger partial charge in [-0.3, -0.25) is 9.69 Å². The standard InChI is InChI=1S/C20H24N4O3/c1-2-27-20(26)16-8-9-17(22-14-16)23-10-12-24(13-11-23)18(19(21)25)15-6-4-3-5-7-15/h3-9,14,18H,2,10-13H2,1H3,(H2,21,25). The molecule has 1 aliphatic heterocycles. The Morgan fingerprint density at radius 1 is 1.11 bits per heavy atom. The Bertz CT molecular complexity index is 772. The molecule has 2 N–H and O–H groups in total. The van der Waals surface area contributed by atoms with Gasteiger partial charge in [-0.1, -0.05) is 30.3 Å². The SMILES string of the molecule is CCOC(=O)c1ccc(N2CCN(C(C(N)=O)c3ccccc3)CC2)nc1. The smallest absolute Gasteiger partial charge is 0.339 e. The molecule has 0 spiro atoms. The Kier molecular flexibility index (Phi) is 6.03. The summed E-state index contributed by atoms with van der Waals surface area (Å²) in [6, 6.07) is 12.7. The van der Waals surface area contributed by atoms with E-state index in [1.54, 1.807) is 13.0 Å². The van der Waals surface area contributed by atoms with Crippen molar-refractivity contribution in [2.24, 2.45) is 5.73 Å². The average Bonchev–Trinajstić information content (AvgIpc) is 2.70. The lowest BCUT2D eigenvalue weighted by Crippen LogP contribution is -2.50. The van der Waals surface area contributed by atoms with Crippen LogP contribution in [0, 0.1) is 0 Å². The summed E-state index contributed by atoms with van der Waals surface area (Å²) in [5.41, 5.74) is 7.02. The van der Waals surface area contributed by atoms with Crippen LogP contribution in [0.3, 0.4) is 0 Å². The van der Waals surface area contributed by atoms with Gasteiger partial charge in [0.15, 0.2) is 0 Å². The second-order valence-electron chi connectivity index (χ2n) is 6.36. The highest BCUT2D eigenvalue weighted by atomic mass is 16.5. The summed E-state index contributed by atoms with van der Waals surface area (Å²) in [6.45, 7) is 4.96. The summed E-state index contributed by atoms with van der Waals surface area (Å²) >= 11 is 0. The van der Waals surface area contributed by atoms with E-state index in [1.165, 1.54) is 6.20 Å². The van der Waals surface area contributed by atoms with Crippen molar-refractivity contribution in [2.75, 3.05) is 37.7 Å². The predicted molar refractivity (Wildman–Crippen MR) is 102 cm³/mol. The summed E-state index contributed by atoms with van der Waals surface area (Å²) in [4.78, 5) is 32.4. The third kappa shape index (κ3) is 4.43. The molecule has 2 heterocycles. The molecule has 3 rings (SSSR count). The van der Waals surface area contributed by atoms with E-state index in [1.807, 2.05) is 36.4 Å². The maximum atomic E-state index is 12.0. The Morgan fingerprint density at radius 3 is 2.37 bits per heavy atom. The van der Waals surface area contributed by atoms with Crippen LogP contribution in [0.25, 0.3) is 0 Å². The first-order chi connectivity index (χ1) is 13.1. The van der Waals surface area contributed by atoms with Crippen molar-refractivity contribution in [3.05, 3.63) is 59.8 Å². The predicted octanol–water partition coefficient (Wildman–Crippen LogP) is 1.61. The van der Waals surface area contributed by atoms with Gasteiger partial charge in [0.25, 0.3) is 0 Å². The van der Waals surface area contributed by atoms with E-state index >= 15 is 0 Å². The molecule has 142 valence electrons. The number of hydrogen-bond donors (Lipinski definition) is 1. The van der Waals surface area contributed by atoms with Gasteiger partial charge in [0.05, 0.1) is 12.2 Å². The number of piperazine rings is 1. The van der Waals surface area contributed by atoms with E-state index < -0.39 is 6.04 Å². The number of esters is 1. The van der Waals surface area contributed by atoms with Crippen molar-refractivity contribution in [3.8, 4) is 0 Å². The molecule has 1 atom stereocenters. The topological polar surface area (TPSA) is 88.8 Å². The summed E-state index contributed by atoms with van der Waals surface area (Å²) in [5, 5.41) is 0. The van der Waals surface area contributed by atoms with Crippen molar-refractivity contribution in [1.82, 2.24) is 9.88 Å². The molecule has 1 aliphatic rings. The zero-order valence-electron chi connectivity index (χ0n) is 15.4. The lowest BCUT2D eigenvalue weighted by atomic mass is 10.0. The lowest BCUT2D eigenvalue weighted by molar-refractivity contribution is -0.123. The number of anilines is 1. The monoisotopic (exact) mass is 368 g/mol. The molecular weight excluding hydrogens is 344 g/mol. The minimum Gasteiger partial charge on any atom is -0.462 e. The first-order valence-corrected chi connectivity index (χ1v) is 9.06. The number of carbonyl (C=O) groups excluding carboxylic acids is 2. The Balaban J connectivity index is 1.64. The van der Waals surface area contributed by atoms with Crippen LogP contribution in [0.5, 0.6) is 0 Å². The van der Waals surface area contributed by atoms with Gasteiger partial charge in [-0.05, 0) is 24.6 Å². The van der Waals surface area contributed by atoms with Crippen LogP contribution < -0.4 is 10.6 Å². The number of nitrogens with zero attached hydrogens (tertiary/aromatic N) is 3. The number of ether oxygens (including phenoxy) is 1. The maximum Gasteiger partial charge on any atom is 0.339 e. The van der Waals surface area contributed by atoms with Crippen LogP contribution in [0.2, 0.25) is 0 Å². The maximum absolute atomic E-state index is 12.0. The van der Waals surface area contributed by atoms with E-state index in [2.05, 4.69) is 14.8 Å². The molecular formula is C20H24N4O3. The van der Waals surface area contributed by atoms with Crippen LogP contribution in [0.4, 0.5) is 5.82 Å². The summed E-state index contributed by atoms with van der Waals surface area (Å²) < 4.78 is 4.98. The molecule has 1 amide bonds. The molecule has 1 aromatic heterocycles. The van der Waals surface area contributed by atoms with Crippen molar-refractivity contribution < 1.29 is 14.3 Å².